The Balaban J connectivity index is 1.60. The van der Waals surface area contributed by atoms with Gasteiger partial charge in [0.15, 0.2) is 0 Å². The van der Waals surface area contributed by atoms with E-state index in [1.807, 2.05) is 40.1 Å². The highest BCUT2D eigenvalue weighted by Gasteiger charge is 2.25. The van der Waals surface area contributed by atoms with E-state index in [4.69, 9.17) is 0 Å². The molecule has 2 amide bonds. The Morgan fingerprint density at radius 2 is 1.54 bits per heavy atom. The molecule has 0 bridgehead atoms. The highest BCUT2D eigenvalue weighted by atomic mass is 32.2. The maximum absolute atomic E-state index is 12.8. The molecule has 0 unspecified atom stereocenters. The Hall–Kier alpha value is -2.34. The molecule has 148 valence electrons. The molecule has 1 aliphatic rings. The molecule has 6 heteroatoms. The number of hydrogen-bond donors (Lipinski definition) is 0. The van der Waals surface area contributed by atoms with Gasteiger partial charge in [0.05, 0.1) is 5.03 Å². The molecule has 1 aromatic carbocycles. The molecule has 0 radical (unpaired) electrons. The van der Waals surface area contributed by atoms with E-state index in [9.17, 15) is 9.59 Å². The summed E-state index contributed by atoms with van der Waals surface area (Å²) >= 11 is 1.62. The molecule has 1 fully saturated rings. The van der Waals surface area contributed by atoms with E-state index in [2.05, 4.69) is 25.8 Å². The van der Waals surface area contributed by atoms with Crippen LogP contribution < -0.4 is 0 Å². The largest absolute Gasteiger partial charge is 0.335 e. The van der Waals surface area contributed by atoms with Crippen molar-refractivity contribution in [1.82, 2.24) is 14.8 Å². The van der Waals surface area contributed by atoms with Gasteiger partial charge in [-0.15, -0.1) is 11.8 Å². The van der Waals surface area contributed by atoms with Crippen LogP contribution in [0, 0.1) is 0 Å². The molecule has 1 aromatic heterocycles. The molecule has 0 N–H and O–H groups in total. The quantitative estimate of drug-likeness (QED) is 0.718. The monoisotopic (exact) mass is 397 g/mol. The van der Waals surface area contributed by atoms with Crippen molar-refractivity contribution in [3.63, 3.8) is 0 Å². The van der Waals surface area contributed by atoms with E-state index in [1.165, 1.54) is 5.56 Å². The van der Waals surface area contributed by atoms with Crippen LogP contribution in [0.15, 0.2) is 47.6 Å². The van der Waals surface area contributed by atoms with E-state index >= 15 is 0 Å². The topological polar surface area (TPSA) is 53.5 Å². The van der Waals surface area contributed by atoms with Crippen LogP contribution in [-0.4, -0.2) is 58.5 Å². The predicted octanol–water partition coefficient (Wildman–Crippen LogP) is 3.92. The fourth-order valence-electron chi connectivity index (χ4n) is 3.26. The zero-order valence-corrected chi connectivity index (χ0v) is 17.5. The number of benzene rings is 1. The SMILES string of the molecule is CCSc1cc(C(=O)N2CCN(C(=O)c3ccc(C(C)C)cc3)CC2)ccn1. The number of thioether (sulfide) groups is 1. The molecule has 1 saturated heterocycles. The Morgan fingerprint density at radius 3 is 2.07 bits per heavy atom. The van der Waals surface area contributed by atoms with Crippen LogP contribution in [0.4, 0.5) is 0 Å². The molecule has 1 aliphatic heterocycles. The summed E-state index contributed by atoms with van der Waals surface area (Å²) in [6.45, 7) is 8.55. The molecule has 0 atom stereocenters. The second kappa shape index (κ2) is 9.24. The molecule has 2 aromatic rings. The number of carbonyl (C=O) groups is 2. The van der Waals surface area contributed by atoms with Gasteiger partial charge in [-0.3, -0.25) is 9.59 Å². The van der Waals surface area contributed by atoms with Crippen molar-refractivity contribution in [1.29, 1.82) is 0 Å². The summed E-state index contributed by atoms with van der Waals surface area (Å²) in [7, 11) is 0. The van der Waals surface area contributed by atoms with Gasteiger partial charge < -0.3 is 9.80 Å². The minimum atomic E-state index is 0.00809. The third-order valence-corrected chi connectivity index (χ3v) is 5.76. The normalized spacial score (nSPS) is 14.4. The fourth-order valence-corrected chi connectivity index (χ4v) is 3.90. The van der Waals surface area contributed by atoms with Gasteiger partial charge in [0.1, 0.15) is 0 Å². The lowest BCUT2D eigenvalue weighted by Gasteiger charge is -2.35. The number of carbonyl (C=O) groups excluding carboxylic acids is 2. The van der Waals surface area contributed by atoms with Crippen molar-refractivity contribution in [3.8, 4) is 0 Å². The minimum absolute atomic E-state index is 0.00809. The molecule has 2 heterocycles. The van der Waals surface area contributed by atoms with Crippen LogP contribution >= 0.6 is 11.8 Å². The summed E-state index contributed by atoms with van der Waals surface area (Å²) < 4.78 is 0. The molecular formula is C22H27N3O2S. The van der Waals surface area contributed by atoms with E-state index in [-0.39, 0.29) is 11.8 Å². The second-order valence-corrected chi connectivity index (χ2v) is 8.46. The maximum Gasteiger partial charge on any atom is 0.254 e. The van der Waals surface area contributed by atoms with Crippen molar-refractivity contribution in [2.75, 3.05) is 31.9 Å². The van der Waals surface area contributed by atoms with Gasteiger partial charge in [0.25, 0.3) is 11.8 Å². The Bertz CT molecular complexity index is 828. The van der Waals surface area contributed by atoms with Gasteiger partial charge in [-0.05, 0) is 41.5 Å². The van der Waals surface area contributed by atoms with Crippen LogP contribution in [0.5, 0.6) is 0 Å². The van der Waals surface area contributed by atoms with Crippen molar-refractivity contribution < 1.29 is 9.59 Å². The average Bonchev–Trinajstić information content (AvgIpc) is 2.73. The lowest BCUT2D eigenvalue weighted by Crippen LogP contribution is -2.50. The first-order valence-electron chi connectivity index (χ1n) is 9.77. The van der Waals surface area contributed by atoms with Gasteiger partial charge in [-0.1, -0.05) is 32.9 Å². The minimum Gasteiger partial charge on any atom is -0.335 e. The average molecular weight is 398 g/mol. The van der Waals surface area contributed by atoms with Crippen molar-refractivity contribution in [2.24, 2.45) is 0 Å². The van der Waals surface area contributed by atoms with Gasteiger partial charge >= 0.3 is 0 Å². The third-order valence-electron chi connectivity index (χ3n) is 4.95. The van der Waals surface area contributed by atoms with E-state index in [1.54, 1.807) is 24.0 Å². The molecule has 0 saturated carbocycles. The Labute approximate surface area is 171 Å². The van der Waals surface area contributed by atoms with Gasteiger partial charge in [-0.25, -0.2) is 4.98 Å². The first kappa shape index (κ1) is 20.4. The lowest BCUT2D eigenvalue weighted by atomic mass is 10.0. The predicted molar refractivity (Wildman–Crippen MR) is 113 cm³/mol. The maximum atomic E-state index is 12.8. The summed E-state index contributed by atoms with van der Waals surface area (Å²) in [6, 6.07) is 11.5. The fraction of sp³-hybridized carbons (Fsp3) is 0.409. The molecule has 0 aliphatic carbocycles. The number of piperazine rings is 1. The number of aromatic nitrogens is 1. The summed E-state index contributed by atoms with van der Waals surface area (Å²) in [5, 5.41) is 0.868. The molecular weight excluding hydrogens is 370 g/mol. The molecule has 3 rings (SSSR count). The zero-order chi connectivity index (χ0) is 20.1. The summed E-state index contributed by atoms with van der Waals surface area (Å²) in [4.78, 5) is 33.5. The van der Waals surface area contributed by atoms with Crippen molar-refractivity contribution in [2.45, 2.75) is 31.7 Å². The molecule has 28 heavy (non-hydrogen) atoms. The lowest BCUT2D eigenvalue weighted by molar-refractivity contribution is 0.0535. The number of pyridine rings is 1. The van der Waals surface area contributed by atoms with Gasteiger partial charge in [0.2, 0.25) is 0 Å². The number of rotatable bonds is 5. The highest BCUT2D eigenvalue weighted by Crippen LogP contribution is 2.19. The van der Waals surface area contributed by atoms with Gasteiger partial charge in [0, 0.05) is 43.5 Å². The van der Waals surface area contributed by atoms with E-state index < -0.39 is 0 Å². The third kappa shape index (κ3) is 4.73. The van der Waals surface area contributed by atoms with Crippen LogP contribution in [0.1, 0.15) is 53.0 Å². The smallest absolute Gasteiger partial charge is 0.254 e. The number of amides is 2. The van der Waals surface area contributed by atoms with Gasteiger partial charge in [-0.2, -0.15) is 0 Å². The standard InChI is InChI=1S/C22H27N3O2S/c1-4-28-20-15-19(9-10-23-20)22(27)25-13-11-24(12-14-25)21(26)18-7-5-17(6-8-18)16(2)3/h5-10,15-16H,4,11-14H2,1-3H3. The molecule has 0 spiro atoms. The summed E-state index contributed by atoms with van der Waals surface area (Å²) in [5.74, 6) is 1.41. The number of hydrogen-bond acceptors (Lipinski definition) is 4. The second-order valence-electron chi connectivity index (χ2n) is 7.18. The highest BCUT2D eigenvalue weighted by molar-refractivity contribution is 7.99. The Morgan fingerprint density at radius 1 is 0.964 bits per heavy atom. The van der Waals surface area contributed by atoms with Crippen molar-refractivity contribution in [3.05, 3.63) is 59.3 Å². The Kier molecular flexibility index (Phi) is 6.73. The van der Waals surface area contributed by atoms with E-state index in [0.29, 0.717) is 43.2 Å². The summed E-state index contributed by atoms with van der Waals surface area (Å²) in [6.07, 6.45) is 1.69. The summed E-state index contributed by atoms with van der Waals surface area (Å²) in [5.41, 5.74) is 2.60. The first-order valence-corrected chi connectivity index (χ1v) is 10.8. The van der Waals surface area contributed by atoms with Crippen LogP contribution in [0.2, 0.25) is 0 Å². The number of nitrogens with zero attached hydrogens (tertiary/aromatic N) is 3. The van der Waals surface area contributed by atoms with Crippen LogP contribution in [0.3, 0.4) is 0 Å². The zero-order valence-electron chi connectivity index (χ0n) is 16.7. The van der Waals surface area contributed by atoms with Crippen LogP contribution in [0.25, 0.3) is 0 Å². The first-order chi connectivity index (χ1) is 13.5. The van der Waals surface area contributed by atoms with E-state index in [0.717, 1.165) is 10.8 Å². The molecule has 5 nitrogen and oxygen atoms in total. The van der Waals surface area contributed by atoms with Crippen LogP contribution in [-0.2, 0) is 0 Å². The van der Waals surface area contributed by atoms with Crippen molar-refractivity contribution >= 4 is 23.6 Å².